The summed E-state index contributed by atoms with van der Waals surface area (Å²) in [5, 5.41) is 11.2. The summed E-state index contributed by atoms with van der Waals surface area (Å²) < 4.78 is 4.85. The van der Waals surface area contributed by atoms with Gasteiger partial charge in [-0.3, -0.25) is 19.7 Å². The third kappa shape index (κ3) is 2.61. The maximum absolute atomic E-state index is 12.5. The van der Waals surface area contributed by atoms with E-state index in [2.05, 4.69) is 0 Å². The minimum absolute atomic E-state index is 0.255. The molecule has 0 spiro atoms. The van der Waals surface area contributed by atoms with E-state index in [1.165, 1.54) is 7.11 Å². The first-order valence-electron chi connectivity index (χ1n) is 7.22. The molecule has 0 aliphatic heterocycles. The second kappa shape index (κ2) is 6.25. The lowest BCUT2D eigenvalue weighted by atomic mass is 9.69. The molecule has 0 bridgehead atoms. The third-order valence-electron chi connectivity index (χ3n) is 4.51. The Hall–Kier alpha value is -2.24. The van der Waals surface area contributed by atoms with Crippen LogP contribution >= 0.6 is 0 Å². The van der Waals surface area contributed by atoms with Gasteiger partial charge < -0.3 is 4.74 Å². The van der Waals surface area contributed by atoms with Crippen molar-refractivity contribution in [2.75, 3.05) is 13.7 Å². The van der Waals surface area contributed by atoms with E-state index in [0.717, 1.165) is 5.56 Å². The summed E-state index contributed by atoms with van der Waals surface area (Å²) in [6, 6.07) is 7.16. The van der Waals surface area contributed by atoms with Crippen molar-refractivity contribution >= 4 is 11.8 Å². The molecule has 6 nitrogen and oxygen atoms in total. The van der Waals surface area contributed by atoms with Crippen molar-refractivity contribution in [3.8, 4) is 0 Å². The van der Waals surface area contributed by atoms with E-state index in [4.69, 9.17) is 4.74 Å². The molecule has 22 heavy (non-hydrogen) atoms. The van der Waals surface area contributed by atoms with Crippen molar-refractivity contribution in [2.45, 2.75) is 32.1 Å². The Balaban J connectivity index is 2.60. The van der Waals surface area contributed by atoms with Gasteiger partial charge in [0.2, 0.25) is 6.54 Å². The Morgan fingerprint density at radius 3 is 2.64 bits per heavy atom. The van der Waals surface area contributed by atoms with Crippen molar-refractivity contribution < 1.29 is 19.2 Å². The smallest absolute Gasteiger partial charge is 0.320 e. The first-order valence-corrected chi connectivity index (χ1v) is 7.22. The number of methoxy groups -OCH3 is 1. The number of aryl methyl sites for hydroxylation is 1. The molecular formula is C16H19NO5. The van der Waals surface area contributed by atoms with Gasteiger partial charge in [0, 0.05) is 11.3 Å². The maximum atomic E-state index is 12.5. The molecule has 0 heterocycles. The highest BCUT2D eigenvalue weighted by atomic mass is 16.6. The van der Waals surface area contributed by atoms with Gasteiger partial charge in [-0.1, -0.05) is 24.3 Å². The van der Waals surface area contributed by atoms with E-state index in [1.54, 1.807) is 12.1 Å². The standard InChI is InChI=1S/C16H19NO5/c1-11-6-3-4-7-12(11)13(10-17(20)21)16(15(19)22-2)9-5-8-14(16)18/h3-4,6-7,13H,5,8-10H2,1-2H3/t13-,16+/m1/s1. The number of Topliss-reactive ketones (excluding diaryl/α,β-unsaturated/α-hetero) is 1. The van der Waals surface area contributed by atoms with E-state index in [-0.39, 0.29) is 12.2 Å². The van der Waals surface area contributed by atoms with Crippen LogP contribution in [0.2, 0.25) is 0 Å². The van der Waals surface area contributed by atoms with Crippen molar-refractivity contribution in [1.29, 1.82) is 0 Å². The van der Waals surface area contributed by atoms with E-state index in [9.17, 15) is 19.7 Å². The summed E-state index contributed by atoms with van der Waals surface area (Å²) in [5.74, 6) is -1.72. The molecule has 1 aliphatic carbocycles. The molecule has 0 saturated heterocycles. The molecule has 118 valence electrons. The van der Waals surface area contributed by atoms with Crippen LogP contribution in [0.1, 0.15) is 36.3 Å². The minimum Gasteiger partial charge on any atom is -0.468 e. The molecule has 1 fully saturated rings. The molecule has 6 heteroatoms. The summed E-state index contributed by atoms with van der Waals surface area (Å²) >= 11 is 0. The number of ketones is 1. The number of rotatable bonds is 5. The quantitative estimate of drug-likeness (QED) is 0.360. The molecule has 0 amide bonds. The highest BCUT2D eigenvalue weighted by Gasteiger charge is 2.57. The van der Waals surface area contributed by atoms with Gasteiger partial charge in [0.05, 0.1) is 13.0 Å². The predicted octanol–water partition coefficient (Wildman–Crippen LogP) is 2.27. The lowest BCUT2D eigenvalue weighted by Gasteiger charge is -2.32. The number of esters is 1. The summed E-state index contributed by atoms with van der Waals surface area (Å²) in [4.78, 5) is 35.6. The van der Waals surface area contributed by atoms with Gasteiger partial charge >= 0.3 is 5.97 Å². The monoisotopic (exact) mass is 305 g/mol. The highest BCUT2D eigenvalue weighted by molar-refractivity contribution is 6.06. The van der Waals surface area contributed by atoms with Crippen LogP contribution in [0.3, 0.4) is 0 Å². The molecule has 0 unspecified atom stereocenters. The zero-order chi connectivity index (χ0) is 16.3. The van der Waals surface area contributed by atoms with E-state index >= 15 is 0 Å². The second-order valence-electron chi connectivity index (χ2n) is 5.66. The predicted molar refractivity (Wildman–Crippen MR) is 79.1 cm³/mol. The number of ether oxygens (including phenoxy) is 1. The van der Waals surface area contributed by atoms with Crippen molar-refractivity contribution in [1.82, 2.24) is 0 Å². The minimum atomic E-state index is -1.44. The van der Waals surface area contributed by atoms with Gasteiger partial charge in [-0.05, 0) is 30.9 Å². The van der Waals surface area contributed by atoms with Crippen LogP contribution < -0.4 is 0 Å². The molecule has 1 aromatic carbocycles. The second-order valence-corrected chi connectivity index (χ2v) is 5.66. The van der Waals surface area contributed by atoms with Crippen molar-refractivity contribution in [3.63, 3.8) is 0 Å². The molecule has 1 saturated carbocycles. The fourth-order valence-corrected chi connectivity index (χ4v) is 3.45. The van der Waals surface area contributed by atoms with Crippen LogP contribution in [0.25, 0.3) is 0 Å². The summed E-state index contributed by atoms with van der Waals surface area (Å²) in [6.07, 6.45) is 1.11. The van der Waals surface area contributed by atoms with Gasteiger partial charge in [-0.25, -0.2) is 0 Å². The van der Waals surface area contributed by atoms with E-state index in [0.29, 0.717) is 18.4 Å². The average molecular weight is 305 g/mol. The topological polar surface area (TPSA) is 86.5 Å². The summed E-state index contributed by atoms with van der Waals surface area (Å²) in [5.41, 5.74) is 0.0608. The number of nitrogens with zero attached hydrogens (tertiary/aromatic N) is 1. The number of benzene rings is 1. The van der Waals surface area contributed by atoms with Gasteiger partial charge in [-0.15, -0.1) is 0 Å². The summed E-state index contributed by atoms with van der Waals surface area (Å²) in [7, 11) is 1.22. The Bertz CT molecular complexity index is 612. The molecule has 1 aliphatic rings. The van der Waals surface area contributed by atoms with Crippen LogP contribution in [0, 0.1) is 22.5 Å². The normalized spacial score (nSPS) is 22.4. The molecular weight excluding hydrogens is 286 g/mol. The van der Waals surface area contributed by atoms with Gasteiger partial charge in [0.15, 0.2) is 5.78 Å². The molecule has 0 aromatic heterocycles. The first-order chi connectivity index (χ1) is 10.4. The zero-order valence-electron chi connectivity index (χ0n) is 12.7. The lowest BCUT2D eigenvalue weighted by Crippen LogP contribution is -2.44. The molecule has 1 aromatic rings. The van der Waals surface area contributed by atoms with Gasteiger partial charge in [0.25, 0.3) is 0 Å². The Morgan fingerprint density at radius 1 is 1.45 bits per heavy atom. The van der Waals surface area contributed by atoms with E-state index in [1.807, 2.05) is 19.1 Å². The maximum Gasteiger partial charge on any atom is 0.320 e. The third-order valence-corrected chi connectivity index (χ3v) is 4.51. The lowest BCUT2D eigenvalue weighted by molar-refractivity contribution is -0.485. The molecule has 2 atom stereocenters. The van der Waals surface area contributed by atoms with Crippen LogP contribution in [0.15, 0.2) is 24.3 Å². The van der Waals surface area contributed by atoms with E-state index < -0.39 is 28.8 Å². The largest absolute Gasteiger partial charge is 0.468 e. The molecule has 2 rings (SSSR count). The SMILES string of the molecule is COC(=O)[C@]1([C@H](C[N+](=O)[O-])c2ccccc2C)CCCC1=O. The van der Waals surface area contributed by atoms with Crippen LogP contribution in [0.5, 0.6) is 0 Å². The Morgan fingerprint density at radius 2 is 2.14 bits per heavy atom. The fraction of sp³-hybridized carbons (Fsp3) is 0.500. The number of carbonyl (C=O) groups is 2. The van der Waals surface area contributed by atoms with Crippen LogP contribution in [0.4, 0.5) is 0 Å². The van der Waals surface area contributed by atoms with Crippen LogP contribution in [-0.2, 0) is 14.3 Å². The number of carbonyl (C=O) groups excluding carboxylic acids is 2. The molecule has 0 N–H and O–H groups in total. The molecule has 0 radical (unpaired) electrons. The highest BCUT2D eigenvalue weighted by Crippen LogP contribution is 2.48. The first kappa shape index (κ1) is 16.1. The Labute approximate surface area is 128 Å². The number of nitro groups is 1. The zero-order valence-corrected chi connectivity index (χ0v) is 12.7. The number of hydrogen-bond donors (Lipinski definition) is 0. The fourth-order valence-electron chi connectivity index (χ4n) is 3.45. The van der Waals surface area contributed by atoms with Crippen molar-refractivity contribution in [2.24, 2.45) is 5.41 Å². The summed E-state index contributed by atoms with van der Waals surface area (Å²) in [6.45, 7) is 1.36. The van der Waals surface area contributed by atoms with Gasteiger partial charge in [-0.2, -0.15) is 0 Å². The van der Waals surface area contributed by atoms with Crippen molar-refractivity contribution in [3.05, 3.63) is 45.5 Å². The van der Waals surface area contributed by atoms with Gasteiger partial charge in [0.1, 0.15) is 5.41 Å². The Kier molecular flexibility index (Phi) is 4.59. The average Bonchev–Trinajstić information content (AvgIpc) is 2.87. The van der Waals surface area contributed by atoms with Crippen LogP contribution in [-0.4, -0.2) is 30.3 Å². The number of hydrogen-bond acceptors (Lipinski definition) is 5.